The number of pyridine rings is 2. The number of ether oxygens (including phenoxy) is 1. The normalized spacial score (nSPS) is 10.0. The molecule has 0 radical (unpaired) electrons. The monoisotopic (exact) mass is 292 g/mol. The van der Waals surface area contributed by atoms with Crippen LogP contribution in [0.5, 0.6) is 5.75 Å². The fourth-order valence-corrected chi connectivity index (χ4v) is 1.72. The number of carbonyl (C=O) groups excluding carboxylic acids is 1. The van der Waals surface area contributed by atoms with E-state index in [0.717, 1.165) is 4.47 Å². The van der Waals surface area contributed by atoms with Gasteiger partial charge in [-0.25, -0.2) is 0 Å². The van der Waals surface area contributed by atoms with Gasteiger partial charge in [0.15, 0.2) is 5.78 Å². The minimum Gasteiger partial charge on any atom is -0.495 e. The Morgan fingerprint density at radius 1 is 1.12 bits per heavy atom. The molecule has 2 heterocycles. The van der Waals surface area contributed by atoms with Crippen molar-refractivity contribution < 1.29 is 9.53 Å². The first-order valence-corrected chi connectivity index (χ1v) is 5.64. The zero-order chi connectivity index (χ0) is 12.3. The van der Waals surface area contributed by atoms with E-state index in [-0.39, 0.29) is 5.78 Å². The lowest BCUT2D eigenvalue weighted by Crippen LogP contribution is -2.03. The number of hydrogen-bond acceptors (Lipinski definition) is 4. The number of methoxy groups -OCH3 is 1. The van der Waals surface area contributed by atoms with Crippen LogP contribution in [0.4, 0.5) is 0 Å². The fourth-order valence-electron chi connectivity index (χ4n) is 1.36. The van der Waals surface area contributed by atoms with E-state index in [1.54, 1.807) is 24.5 Å². The van der Waals surface area contributed by atoms with E-state index >= 15 is 0 Å². The number of halogens is 1. The summed E-state index contributed by atoms with van der Waals surface area (Å²) in [7, 11) is 1.53. The van der Waals surface area contributed by atoms with E-state index in [1.165, 1.54) is 19.5 Å². The lowest BCUT2D eigenvalue weighted by molar-refractivity contribution is 0.103. The molecule has 0 saturated carbocycles. The van der Waals surface area contributed by atoms with Gasteiger partial charge in [-0.05, 0) is 28.1 Å². The molecule has 0 aliphatic carbocycles. The van der Waals surface area contributed by atoms with E-state index in [2.05, 4.69) is 25.9 Å². The maximum Gasteiger partial charge on any atom is 0.196 e. The SMILES string of the molecule is COc1cncc(C(=O)c2cncc(Br)c2)c1. The summed E-state index contributed by atoms with van der Waals surface area (Å²) < 4.78 is 5.79. The van der Waals surface area contributed by atoms with Crippen LogP contribution < -0.4 is 4.74 Å². The summed E-state index contributed by atoms with van der Waals surface area (Å²) >= 11 is 3.28. The summed E-state index contributed by atoms with van der Waals surface area (Å²) in [4.78, 5) is 20.0. The maximum atomic E-state index is 12.1. The zero-order valence-corrected chi connectivity index (χ0v) is 10.6. The number of carbonyl (C=O) groups is 1. The fraction of sp³-hybridized carbons (Fsp3) is 0.0833. The summed E-state index contributed by atoms with van der Waals surface area (Å²) in [6.07, 6.45) is 6.20. The summed E-state index contributed by atoms with van der Waals surface area (Å²) in [5, 5.41) is 0. The lowest BCUT2D eigenvalue weighted by atomic mass is 10.1. The van der Waals surface area contributed by atoms with E-state index in [1.807, 2.05) is 0 Å². The number of ketones is 1. The average molecular weight is 293 g/mol. The molecule has 0 aromatic carbocycles. The second-order valence-electron chi connectivity index (χ2n) is 3.33. The Kier molecular flexibility index (Phi) is 3.49. The van der Waals surface area contributed by atoms with Gasteiger partial charge in [0.2, 0.25) is 0 Å². The van der Waals surface area contributed by atoms with Gasteiger partial charge in [0.1, 0.15) is 5.75 Å². The van der Waals surface area contributed by atoms with Crippen molar-refractivity contribution in [3.8, 4) is 5.75 Å². The smallest absolute Gasteiger partial charge is 0.196 e. The molecule has 4 nitrogen and oxygen atoms in total. The van der Waals surface area contributed by atoms with Gasteiger partial charge in [-0.1, -0.05) is 0 Å². The van der Waals surface area contributed by atoms with Gasteiger partial charge in [-0.15, -0.1) is 0 Å². The summed E-state index contributed by atoms with van der Waals surface area (Å²) in [6.45, 7) is 0. The van der Waals surface area contributed by atoms with Gasteiger partial charge < -0.3 is 4.74 Å². The molecule has 0 fully saturated rings. The van der Waals surface area contributed by atoms with Crippen molar-refractivity contribution in [3.05, 3.63) is 52.5 Å². The molecule has 0 spiro atoms. The molecule has 0 bridgehead atoms. The van der Waals surface area contributed by atoms with Gasteiger partial charge >= 0.3 is 0 Å². The second-order valence-corrected chi connectivity index (χ2v) is 4.25. The lowest BCUT2D eigenvalue weighted by Gasteiger charge is -2.03. The third-order valence-corrected chi connectivity index (χ3v) is 2.61. The van der Waals surface area contributed by atoms with Gasteiger partial charge in [-0.3, -0.25) is 14.8 Å². The highest BCUT2D eigenvalue weighted by Gasteiger charge is 2.11. The molecule has 86 valence electrons. The third-order valence-electron chi connectivity index (χ3n) is 2.18. The van der Waals surface area contributed by atoms with Crippen molar-refractivity contribution in [2.75, 3.05) is 7.11 Å². The summed E-state index contributed by atoms with van der Waals surface area (Å²) in [6, 6.07) is 3.37. The Morgan fingerprint density at radius 2 is 1.76 bits per heavy atom. The van der Waals surface area contributed by atoms with Crippen LogP contribution in [-0.4, -0.2) is 22.9 Å². The Labute approximate surface area is 107 Å². The first-order chi connectivity index (χ1) is 8.20. The van der Waals surface area contributed by atoms with Crippen molar-refractivity contribution in [1.82, 2.24) is 9.97 Å². The number of rotatable bonds is 3. The van der Waals surface area contributed by atoms with Gasteiger partial charge in [-0.2, -0.15) is 0 Å². The number of nitrogens with zero attached hydrogens (tertiary/aromatic N) is 2. The molecule has 2 aromatic rings. The van der Waals surface area contributed by atoms with Crippen LogP contribution in [0.25, 0.3) is 0 Å². The minimum atomic E-state index is -0.134. The topological polar surface area (TPSA) is 52.1 Å². The van der Waals surface area contributed by atoms with Crippen LogP contribution in [0, 0.1) is 0 Å². The largest absolute Gasteiger partial charge is 0.495 e. The molecule has 0 amide bonds. The van der Waals surface area contributed by atoms with Crippen molar-refractivity contribution in [2.24, 2.45) is 0 Å². The predicted molar refractivity (Wildman–Crippen MR) is 66.2 cm³/mol. The van der Waals surface area contributed by atoms with Crippen LogP contribution in [0.3, 0.4) is 0 Å². The first-order valence-electron chi connectivity index (χ1n) is 4.85. The zero-order valence-electron chi connectivity index (χ0n) is 9.05. The minimum absolute atomic E-state index is 0.134. The van der Waals surface area contributed by atoms with Gasteiger partial charge in [0.05, 0.1) is 13.3 Å². The van der Waals surface area contributed by atoms with Crippen LogP contribution in [0.15, 0.2) is 41.4 Å². The molecule has 2 rings (SSSR count). The maximum absolute atomic E-state index is 12.1. The van der Waals surface area contributed by atoms with Crippen LogP contribution in [-0.2, 0) is 0 Å². The van der Waals surface area contributed by atoms with Crippen LogP contribution in [0.2, 0.25) is 0 Å². The summed E-state index contributed by atoms with van der Waals surface area (Å²) in [5.41, 5.74) is 0.985. The molecule has 0 aliphatic rings. The highest BCUT2D eigenvalue weighted by molar-refractivity contribution is 9.10. The molecular weight excluding hydrogens is 284 g/mol. The van der Waals surface area contributed by atoms with Crippen LogP contribution in [0.1, 0.15) is 15.9 Å². The first kappa shape index (κ1) is 11.7. The molecule has 0 saturated heterocycles. The average Bonchev–Trinajstić information content (AvgIpc) is 2.38. The standard InChI is InChI=1S/C12H9BrN2O2/c1-17-11-3-9(5-15-7-11)12(16)8-2-10(13)6-14-4-8/h2-7H,1H3. The highest BCUT2D eigenvalue weighted by Crippen LogP contribution is 2.16. The van der Waals surface area contributed by atoms with E-state index in [0.29, 0.717) is 16.9 Å². The molecular formula is C12H9BrN2O2. The Hall–Kier alpha value is -1.75. The Balaban J connectivity index is 2.36. The second kappa shape index (κ2) is 5.05. The van der Waals surface area contributed by atoms with Crippen molar-refractivity contribution in [3.63, 3.8) is 0 Å². The van der Waals surface area contributed by atoms with Crippen LogP contribution >= 0.6 is 15.9 Å². The molecule has 17 heavy (non-hydrogen) atoms. The third kappa shape index (κ3) is 2.68. The highest BCUT2D eigenvalue weighted by atomic mass is 79.9. The van der Waals surface area contributed by atoms with Crippen molar-refractivity contribution in [2.45, 2.75) is 0 Å². The molecule has 0 aliphatic heterocycles. The number of aromatic nitrogens is 2. The Morgan fingerprint density at radius 3 is 2.41 bits per heavy atom. The molecule has 5 heteroatoms. The van der Waals surface area contributed by atoms with Crippen molar-refractivity contribution >= 4 is 21.7 Å². The van der Waals surface area contributed by atoms with E-state index < -0.39 is 0 Å². The Bertz CT molecular complexity index is 558. The van der Waals surface area contributed by atoms with Gasteiger partial charge in [0.25, 0.3) is 0 Å². The molecule has 0 unspecified atom stereocenters. The molecule has 0 N–H and O–H groups in total. The molecule has 2 aromatic heterocycles. The predicted octanol–water partition coefficient (Wildman–Crippen LogP) is 2.48. The summed E-state index contributed by atoms with van der Waals surface area (Å²) in [5.74, 6) is 0.420. The van der Waals surface area contributed by atoms with Crippen molar-refractivity contribution in [1.29, 1.82) is 0 Å². The quantitative estimate of drug-likeness (QED) is 0.816. The van der Waals surface area contributed by atoms with E-state index in [4.69, 9.17) is 4.74 Å². The molecule has 0 atom stereocenters. The number of hydrogen-bond donors (Lipinski definition) is 0. The van der Waals surface area contributed by atoms with Gasteiger partial charge in [0, 0.05) is 34.2 Å². The van der Waals surface area contributed by atoms with E-state index in [9.17, 15) is 4.79 Å².